The van der Waals surface area contributed by atoms with E-state index >= 15 is 0 Å². The number of nitrogens with two attached hydrogens (primary N) is 1. The fraction of sp³-hybridized carbons (Fsp3) is 0.100. The maximum absolute atomic E-state index is 12.4. The normalized spacial score (nSPS) is 11.8. The molecule has 0 radical (unpaired) electrons. The summed E-state index contributed by atoms with van der Waals surface area (Å²) in [4.78, 5) is -0.239. The van der Waals surface area contributed by atoms with E-state index in [4.69, 9.17) is 11.0 Å². The number of hydrazone groups is 1. The van der Waals surface area contributed by atoms with Crippen LogP contribution in [0.25, 0.3) is 0 Å². The van der Waals surface area contributed by atoms with Gasteiger partial charge in [-0.15, -0.1) is 0 Å². The van der Waals surface area contributed by atoms with Crippen molar-refractivity contribution < 1.29 is 13.2 Å². The summed E-state index contributed by atoms with van der Waals surface area (Å²) in [6, 6.07) is 5.98. The van der Waals surface area contributed by atoms with E-state index in [1.165, 1.54) is 12.1 Å². The Hall–Kier alpha value is -2.14. The Labute approximate surface area is 106 Å². The van der Waals surface area contributed by atoms with Crippen LogP contribution in [0.1, 0.15) is 5.56 Å². The van der Waals surface area contributed by atoms with Crippen LogP contribution >= 0.6 is 12.2 Å². The van der Waals surface area contributed by atoms with Crippen LogP contribution in [0.5, 0.6) is 0 Å². The van der Waals surface area contributed by atoms with E-state index in [1.54, 1.807) is 6.07 Å². The Morgan fingerprint density at radius 3 is 2.61 bits per heavy atom. The third-order valence-electron chi connectivity index (χ3n) is 1.83. The predicted octanol–water partition coefficient (Wildman–Crippen LogP) is 2.28. The van der Waals surface area contributed by atoms with Gasteiger partial charge in [-0.05, 0) is 18.2 Å². The fourth-order valence-corrected chi connectivity index (χ4v) is 1.11. The van der Waals surface area contributed by atoms with Crippen molar-refractivity contribution in [3.05, 3.63) is 29.8 Å². The Bertz CT molecular complexity index is 531. The molecule has 0 aliphatic carbocycles. The van der Waals surface area contributed by atoms with Gasteiger partial charge in [-0.1, -0.05) is 18.3 Å². The Kier molecular flexibility index (Phi) is 4.23. The molecule has 0 aromatic heterocycles. The largest absolute Gasteiger partial charge is 0.416 e. The maximum atomic E-state index is 12.4. The zero-order valence-electron chi connectivity index (χ0n) is 8.82. The average molecular weight is 272 g/mol. The first-order valence-electron chi connectivity index (χ1n) is 4.55. The summed E-state index contributed by atoms with van der Waals surface area (Å²) in [5.74, 6) is 0. The lowest BCUT2D eigenvalue weighted by Crippen LogP contribution is -2.20. The van der Waals surface area contributed by atoms with Gasteiger partial charge >= 0.3 is 6.18 Å². The molecule has 4 nitrogen and oxygen atoms in total. The molecule has 1 aromatic carbocycles. The van der Waals surface area contributed by atoms with Gasteiger partial charge < -0.3 is 5.73 Å². The molecule has 0 unspecified atom stereocenters. The van der Waals surface area contributed by atoms with Crippen molar-refractivity contribution in [3.63, 3.8) is 0 Å². The van der Waals surface area contributed by atoms with Crippen molar-refractivity contribution in [1.82, 2.24) is 0 Å². The van der Waals surface area contributed by atoms with Crippen LogP contribution in [0.15, 0.2) is 29.4 Å². The van der Waals surface area contributed by atoms with Gasteiger partial charge in [0.1, 0.15) is 11.1 Å². The molecule has 0 atom stereocenters. The molecule has 8 heteroatoms. The van der Waals surface area contributed by atoms with Crippen molar-refractivity contribution in [2.45, 2.75) is 6.18 Å². The first kappa shape index (κ1) is 13.9. The molecule has 0 aliphatic rings. The molecular weight excluding hydrogens is 265 g/mol. The molecule has 0 fully saturated rings. The lowest BCUT2D eigenvalue weighted by atomic mass is 10.2. The average Bonchev–Trinajstić information content (AvgIpc) is 2.28. The van der Waals surface area contributed by atoms with Crippen molar-refractivity contribution in [3.8, 4) is 6.07 Å². The van der Waals surface area contributed by atoms with Gasteiger partial charge in [0.15, 0.2) is 5.71 Å². The third-order valence-corrected chi connectivity index (χ3v) is 2.02. The molecule has 0 aliphatic heterocycles. The van der Waals surface area contributed by atoms with Gasteiger partial charge in [0.2, 0.25) is 0 Å². The van der Waals surface area contributed by atoms with Crippen LogP contribution in [0.4, 0.5) is 18.9 Å². The zero-order chi connectivity index (χ0) is 13.8. The van der Waals surface area contributed by atoms with E-state index in [0.29, 0.717) is 0 Å². The van der Waals surface area contributed by atoms with Crippen LogP contribution < -0.4 is 11.2 Å². The number of nitrogens with zero attached hydrogens (tertiary/aromatic N) is 2. The van der Waals surface area contributed by atoms with Crippen LogP contribution in [-0.2, 0) is 6.18 Å². The highest BCUT2D eigenvalue weighted by atomic mass is 32.1. The first-order valence-corrected chi connectivity index (χ1v) is 4.96. The number of thiocarbonyl (C=S) groups is 1. The van der Waals surface area contributed by atoms with E-state index in [2.05, 4.69) is 22.7 Å². The number of anilines is 1. The minimum atomic E-state index is -4.44. The van der Waals surface area contributed by atoms with E-state index in [1.807, 2.05) is 0 Å². The highest BCUT2D eigenvalue weighted by Gasteiger charge is 2.30. The Morgan fingerprint density at radius 2 is 2.11 bits per heavy atom. The molecule has 0 saturated carbocycles. The second-order valence-electron chi connectivity index (χ2n) is 3.13. The van der Waals surface area contributed by atoms with Gasteiger partial charge in [0.05, 0.1) is 11.3 Å². The fourth-order valence-electron chi connectivity index (χ4n) is 1.02. The predicted molar refractivity (Wildman–Crippen MR) is 64.9 cm³/mol. The summed E-state index contributed by atoms with van der Waals surface area (Å²) < 4.78 is 37.2. The Morgan fingerprint density at radius 1 is 1.44 bits per heavy atom. The third kappa shape index (κ3) is 3.71. The lowest BCUT2D eigenvalue weighted by molar-refractivity contribution is -0.137. The van der Waals surface area contributed by atoms with Crippen molar-refractivity contribution >= 4 is 28.6 Å². The molecule has 0 amide bonds. The highest BCUT2D eigenvalue weighted by Crippen LogP contribution is 2.30. The number of alkyl halides is 3. The molecule has 1 aromatic rings. The first-order chi connectivity index (χ1) is 8.34. The number of halogens is 3. The molecule has 1 rings (SSSR count). The molecule has 0 saturated heterocycles. The SMILES string of the molecule is N#CC(=NNc1cccc(C(F)(F)F)c1)C(N)=S. The van der Waals surface area contributed by atoms with E-state index in [-0.39, 0.29) is 16.4 Å². The van der Waals surface area contributed by atoms with Gasteiger partial charge in [-0.2, -0.15) is 23.5 Å². The van der Waals surface area contributed by atoms with E-state index in [0.717, 1.165) is 12.1 Å². The van der Waals surface area contributed by atoms with E-state index < -0.39 is 11.7 Å². The van der Waals surface area contributed by atoms with Crippen LogP contribution in [-0.4, -0.2) is 10.7 Å². The second-order valence-corrected chi connectivity index (χ2v) is 3.57. The van der Waals surface area contributed by atoms with Gasteiger partial charge in [-0.25, -0.2) is 0 Å². The zero-order valence-corrected chi connectivity index (χ0v) is 9.64. The number of rotatable bonds is 3. The molecule has 3 N–H and O–H groups in total. The summed E-state index contributed by atoms with van der Waals surface area (Å²) in [6.07, 6.45) is -4.44. The number of nitriles is 1. The molecule has 18 heavy (non-hydrogen) atoms. The number of nitrogens with one attached hydrogen (secondary N) is 1. The summed E-state index contributed by atoms with van der Waals surface area (Å²) in [5, 5.41) is 12.1. The molecule has 94 valence electrons. The second kappa shape index (κ2) is 5.46. The quantitative estimate of drug-likeness (QED) is 0.503. The van der Waals surface area contributed by atoms with Crippen LogP contribution in [0, 0.1) is 11.3 Å². The molecule has 0 heterocycles. The highest BCUT2D eigenvalue weighted by molar-refractivity contribution is 7.82. The summed E-state index contributed by atoms with van der Waals surface area (Å²) in [6.45, 7) is 0. The summed E-state index contributed by atoms with van der Waals surface area (Å²) in [7, 11) is 0. The van der Waals surface area contributed by atoms with Gasteiger partial charge in [-0.3, -0.25) is 5.43 Å². The minimum absolute atomic E-state index is 0.0776. The van der Waals surface area contributed by atoms with E-state index in [9.17, 15) is 13.2 Å². The smallest absolute Gasteiger partial charge is 0.387 e. The minimum Gasteiger partial charge on any atom is -0.387 e. The number of benzene rings is 1. The van der Waals surface area contributed by atoms with Gasteiger partial charge in [0.25, 0.3) is 0 Å². The number of hydrogen-bond acceptors (Lipinski definition) is 4. The number of hydrogen-bond donors (Lipinski definition) is 2. The lowest BCUT2D eigenvalue weighted by Gasteiger charge is -2.08. The van der Waals surface area contributed by atoms with Crippen LogP contribution in [0.3, 0.4) is 0 Å². The maximum Gasteiger partial charge on any atom is 0.416 e. The van der Waals surface area contributed by atoms with Gasteiger partial charge in [0, 0.05) is 0 Å². The molecule has 0 bridgehead atoms. The topological polar surface area (TPSA) is 74.2 Å². The Balaban J connectivity index is 2.94. The monoisotopic (exact) mass is 272 g/mol. The van der Waals surface area contributed by atoms with Crippen molar-refractivity contribution in [1.29, 1.82) is 5.26 Å². The van der Waals surface area contributed by atoms with Crippen molar-refractivity contribution in [2.75, 3.05) is 5.43 Å². The standard InChI is InChI=1S/C10H7F3N4S/c11-10(12,13)6-2-1-3-7(4-6)16-17-8(5-14)9(15)18/h1-4,16H,(H2,15,18). The van der Waals surface area contributed by atoms with Crippen molar-refractivity contribution in [2.24, 2.45) is 10.8 Å². The molecular formula is C10H7F3N4S. The summed E-state index contributed by atoms with van der Waals surface area (Å²) >= 11 is 4.52. The molecule has 0 spiro atoms. The summed E-state index contributed by atoms with van der Waals surface area (Å²) in [5.41, 5.74) is 6.45. The van der Waals surface area contributed by atoms with Crippen LogP contribution in [0.2, 0.25) is 0 Å².